The largest absolute Gasteiger partial charge is 0.496 e. The first-order chi connectivity index (χ1) is 9.70. The summed E-state index contributed by atoms with van der Waals surface area (Å²) < 4.78 is 7.16. The molecule has 102 valence electrons. The van der Waals surface area contributed by atoms with E-state index >= 15 is 0 Å². The Bertz CT molecular complexity index is 823. The summed E-state index contributed by atoms with van der Waals surface area (Å²) in [7, 11) is 1.61. The summed E-state index contributed by atoms with van der Waals surface area (Å²) in [6, 6.07) is 5.51. The Morgan fingerprint density at radius 2 is 2.25 bits per heavy atom. The van der Waals surface area contributed by atoms with Crippen molar-refractivity contribution in [3.05, 3.63) is 46.9 Å². The van der Waals surface area contributed by atoms with E-state index in [1.54, 1.807) is 19.8 Å². The SMILES string of the molecule is COc1cccc(Cl)c1Cn1cnc(=N)c2[nH]cnc21. The van der Waals surface area contributed by atoms with Crippen molar-refractivity contribution >= 4 is 22.8 Å². The van der Waals surface area contributed by atoms with E-state index in [1.165, 1.54) is 0 Å². The summed E-state index contributed by atoms with van der Waals surface area (Å²) in [5, 5.41) is 8.35. The minimum atomic E-state index is 0.167. The molecular formula is C13H12ClN5O. The van der Waals surface area contributed by atoms with E-state index in [-0.39, 0.29) is 5.49 Å². The number of aromatic amines is 1. The number of imidazole rings is 1. The quantitative estimate of drug-likeness (QED) is 0.773. The van der Waals surface area contributed by atoms with Gasteiger partial charge < -0.3 is 14.3 Å². The average Bonchev–Trinajstić information content (AvgIpc) is 2.94. The molecule has 0 saturated carbocycles. The second-order valence-electron chi connectivity index (χ2n) is 4.24. The second-order valence-corrected chi connectivity index (χ2v) is 4.65. The maximum Gasteiger partial charge on any atom is 0.173 e. The van der Waals surface area contributed by atoms with E-state index < -0.39 is 0 Å². The number of benzene rings is 1. The lowest BCUT2D eigenvalue weighted by atomic mass is 10.2. The Balaban J connectivity index is 2.13. The molecule has 7 heteroatoms. The van der Waals surface area contributed by atoms with E-state index in [1.807, 2.05) is 22.8 Å². The number of fused-ring (bicyclic) bond motifs is 1. The van der Waals surface area contributed by atoms with Crippen molar-refractivity contribution in [3.63, 3.8) is 0 Å². The summed E-state index contributed by atoms with van der Waals surface area (Å²) in [5.74, 6) is 0.712. The summed E-state index contributed by atoms with van der Waals surface area (Å²) in [4.78, 5) is 11.2. The van der Waals surface area contributed by atoms with Gasteiger partial charge in [-0.15, -0.1) is 0 Å². The van der Waals surface area contributed by atoms with Crippen LogP contribution < -0.4 is 10.2 Å². The van der Waals surface area contributed by atoms with Crippen LogP contribution in [0, 0.1) is 5.41 Å². The van der Waals surface area contributed by atoms with Crippen LogP contribution in [0.5, 0.6) is 5.75 Å². The van der Waals surface area contributed by atoms with Gasteiger partial charge in [-0.2, -0.15) is 0 Å². The Morgan fingerprint density at radius 1 is 1.40 bits per heavy atom. The minimum Gasteiger partial charge on any atom is -0.496 e. The van der Waals surface area contributed by atoms with E-state index in [0.717, 1.165) is 5.56 Å². The fourth-order valence-electron chi connectivity index (χ4n) is 2.10. The Labute approximate surface area is 119 Å². The molecule has 0 amide bonds. The van der Waals surface area contributed by atoms with Gasteiger partial charge in [0.2, 0.25) is 0 Å². The van der Waals surface area contributed by atoms with E-state index in [9.17, 15) is 0 Å². The molecular weight excluding hydrogens is 278 g/mol. The van der Waals surface area contributed by atoms with Crippen molar-refractivity contribution < 1.29 is 4.74 Å². The molecule has 0 atom stereocenters. The van der Waals surface area contributed by atoms with Gasteiger partial charge in [0.1, 0.15) is 11.3 Å². The normalized spacial score (nSPS) is 10.9. The number of rotatable bonds is 3. The van der Waals surface area contributed by atoms with Gasteiger partial charge in [-0.1, -0.05) is 17.7 Å². The molecule has 3 aromatic rings. The lowest BCUT2D eigenvalue weighted by molar-refractivity contribution is 0.408. The van der Waals surface area contributed by atoms with Gasteiger partial charge in [-0.25, -0.2) is 9.97 Å². The first kappa shape index (κ1) is 12.7. The third-order valence-corrected chi connectivity index (χ3v) is 3.43. The van der Waals surface area contributed by atoms with Gasteiger partial charge in [-0.3, -0.25) is 5.41 Å². The monoisotopic (exact) mass is 289 g/mol. The van der Waals surface area contributed by atoms with Crippen LogP contribution in [0.2, 0.25) is 5.02 Å². The molecule has 0 unspecified atom stereocenters. The van der Waals surface area contributed by atoms with Crippen molar-refractivity contribution in [2.45, 2.75) is 6.54 Å². The molecule has 2 heterocycles. The lowest BCUT2D eigenvalue weighted by Gasteiger charge is -2.12. The highest BCUT2D eigenvalue weighted by atomic mass is 35.5. The highest BCUT2D eigenvalue weighted by Crippen LogP contribution is 2.27. The maximum atomic E-state index is 7.73. The first-order valence-electron chi connectivity index (χ1n) is 5.95. The van der Waals surface area contributed by atoms with Crippen LogP contribution in [0.15, 0.2) is 30.9 Å². The fraction of sp³-hybridized carbons (Fsp3) is 0.154. The molecule has 3 rings (SSSR count). The molecule has 0 aliphatic rings. The van der Waals surface area contributed by atoms with Gasteiger partial charge >= 0.3 is 0 Å². The van der Waals surface area contributed by atoms with Crippen LogP contribution in [0.3, 0.4) is 0 Å². The Morgan fingerprint density at radius 3 is 3.05 bits per heavy atom. The highest BCUT2D eigenvalue weighted by Gasteiger charge is 2.11. The van der Waals surface area contributed by atoms with E-state index in [4.69, 9.17) is 21.7 Å². The standard InChI is InChI=1S/C13H12ClN5O/c1-20-10-4-2-3-9(14)8(10)5-19-7-18-12(15)11-13(19)17-6-16-11/h2-4,6-7,15H,5H2,1H3,(H,16,17). The molecule has 1 aromatic carbocycles. The molecule has 0 aliphatic heterocycles. The smallest absolute Gasteiger partial charge is 0.173 e. The van der Waals surface area contributed by atoms with Crippen LogP contribution in [-0.4, -0.2) is 26.6 Å². The zero-order valence-electron chi connectivity index (χ0n) is 10.7. The first-order valence-corrected chi connectivity index (χ1v) is 6.33. The molecule has 6 nitrogen and oxygen atoms in total. The summed E-state index contributed by atoms with van der Waals surface area (Å²) in [6.45, 7) is 0.470. The summed E-state index contributed by atoms with van der Waals surface area (Å²) in [6.07, 6.45) is 3.12. The van der Waals surface area contributed by atoms with Crippen LogP contribution in [0.25, 0.3) is 11.2 Å². The molecule has 0 radical (unpaired) electrons. The van der Waals surface area contributed by atoms with Gasteiger partial charge in [0.15, 0.2) is 11.1 Å². The maximum absolute atomic E-state index is 7.73. The zero-order valence-corrected chi connectivity index (χ0v) is 11.5. The number of H-pyrrole nitrogens is 1. The van der Waals surface area contributed by atoms with Gasteiger partial charge in [0.05, 0.1) is 26.3 Å². The number of methoxy groups -OCH3 is 1. The average molecular weight is 290 g/mol. The predicted molar refractivity (Wildman–Crippen MR) is 74.8 cm³/mol. The van der Waals surface area contributed by atoms with Crippen molar-refractivity contribution in [3.8, 4) is 5.75 Å². The summed E-state index contributed by atoms with van der Waals surface area (Å²) >= 11 is 6.24. The Hall–Kier alpha value is -2.34. The molecule has 0 fully saturated rings. The van der Waals surface area contributed by atoms with E-state index in [2.05, 4.69) is 15.0 Å². The summed E-state index contributed by atoms with van der Waals surface area (Å²) in [5.41, 5.74) is 2.27. The third-order valence-electron chi connectivity index (χ3n) is 3.08. The van der Waals surface area contributed by atoms with Crippen molar-refractivity contribution in [1.29, 1.82) is 5.41 Å². The molecule has 0 saturated heterocycles. The van der Waals surface area contributed by atoms with E-state index in [0.29, 0.717) is 28.5 Å². The predicted octanol–water partition coefficient (Wildman–Crippen LogP) is 1.95. The van der Waals surface area contributed by atoms with Gasteiger partial charge in [0, 0.05) is 10.6 Å². The van der Waals surface area contributed by atoms with Gasteiger partial charge in [0.25, 0.3) is 0 Å². The topological polar surface area (TPSA) is 79.6 Å². The molecule has 0 spiro atoms. The number of hydrogen-bond acceptors (Lipinski definition) is 4. The van der Waals surface area contributed by atoms with Crippen LogP contribution in [-0.2, 0) is 6.54 Å². The zero-order chi connectivity index (χ0) is 14.1. The Kier molecular flexibility index (Phi) is 3.15. The minimum absolute atomic E-state index is 0.167. The molecule has 20 heavy (non-hydrogen) atoms. The van der Waals surface area contributed by atoms with Crippen molar-refractivity contribution in [2.24, 2.45) is 0 Å². The molecule has 2 N–H and O–H groups in total. The number of nitrogens with one attached hydrogen (secondary N) is 2. The van der Waals surface area contributed by atoms with Crippen molar-refractivity contribution in [2.75, 3.05) is 7.11 Å². The number of hydrogen-bond donors (Lipinski definition) is 2. The van der Waals surface area contributed by atoms with Crippen LogP contribution in [0.4, 0.5) is 0 Å². The number of ether oxygens (including phenoxy) is 1. The number of halogens is 1. The van der Waals surface area contributed by atoms with Gasteiger partial charge in [-0.05, 0) is 12.1 Å². The fourth-order valence-corrected chi connectivity index (χ4v) is 2.32. The molecule has 0 bridgehead atoms. The number of aromatic nitrogens is 4. The molecule has 0 aliphatic carbocycles. The van der Waals surface area contributed by atoms with Crippen LogP contribution >= 0.6 is 11.6 Å². The molecule has 2 aromatic heterocycles. The third kappa shape index (κ3) is 2.04. The second kappa shape index (κ2) is 4.97. The van der Waals surface area contributed by atoms with Crippen LogP contribution in [0.1, 0.15) is 5.56 Å². The van der Waals surface area contributed by atoms with Crippen molar-refractivity contribution in [1.82, 2.24) is 19.5 Å². The number of nitrogens with zero attached hydrogens (tertiary/aromatic N) is 3. The highest BCUT2D eigenvalue weighted by molar-refractivity contribution is 6.31. The lowest BCUT2D eigenvalue weighted by Crippen LogP contribution is -2.13.